The van der Waals surface area contributed by atoms with Gasteiger partial charge in [0.15, 0.2) is 0 Å². The summed E-state index contributed by atoms with van der Waals surface area (Å²) in [6, 6.07) is 4.63. The van der Waals surface area contributed by atoms with Gasteiger partial charge in [-0.1, -0.05) is 12.1 Å². The van der Waals surface area contributed by atoms with Crippen molar-refractivity contribution in [3.63, 3.8) is 0 Å². The summed E-state index contributed by atoms with van der Waals surface area (Å²) in [7, 11) is 0. The average molecular weight is 341 g/mol. The van der Waals surface area contributed by atoms with Crippen molar-refractivity contribution in [2.75, 3.05) is 13.1 Å². The van der Waals surface area contributed by atoms with Crippen molar-refractivity contribution >= 4 is 17.4 Å². The Kier molecular flexibility index (Phi) is 5.31. The number of carboxylic acid groups (broad SMARTS) is 1. The summed E-state index contributed by atoms with van der Waals surface area (Å²) < 4.78 is 37.6. The lowest BCUT2D eigenvalue weighted by Gasteiger charge is -2.29. The van der Waals surface area contributed by atoms with Crippen LogP contribution in [0, 0.1) is 5.92 Å². The zero-order valence-corrected chi connectivity index (χ0v) is 13.1. The van der Waals surface area contributed by atoms with Gasteiger partial charge in [0, 0.05) is 19.2 Å². The van der Waals surface area contributed by atoms with Gasteiger partial charge >= 0.3 is 12.1 Å². The predicted molar refractivity (Wildman–Crippen MR) is 82.0 cm³/mol. The van der Waals surface area contributed by atoms with Crippen LogP contribution in [0.25, 0.3) is 5.57 Å². The van der Waals surface area contributed by atoms with Gasteiger partial charge in [-0.3, -0.25) is 9.59 Å². The number of likely N-dealkylation sites (tertiary alicyclic amines) is 1. The molecule has 1 amide bonds. The van der Waals surface area contributed by atoms with Crippen molar-refractivity contribution in [3.05, 3.63) is 41.5 Å². The number of benzene rings is 1. The Bertz CT molecular complexity index is 642. The fourth-order valence-electron chi connectivity index (χ4n) is 2.63. The van der Waals surface area contributed by atoms with Crippen molar-refractivity contribution in [3.8, 4) is 0 Å². The average Bonchev–Trinajstić information content (AvgIpc) is 2.54. The van der Waals surface area contributed by atoms with Gasteiger partial charge in [-0.15, -0.1) is 0 Å². The molecule has 1 aliphatic rings. The molecule has 0 saturated carbocycles. The molecule has 0 aliphatic carbocycles. The number of aliphatic carboxylic acids is 1. The number of hydrogen-bond acceptors (Lipinski definition) is 2. The molecular weight excluding hydrogens is 323 g/mol. The summed E-state index contributed by atoms with van der Waals surface area (Å²) in [6.45, 7) is 2.39. The van der Waals surface area contributed by atoms with E-state index < -0.39 is 23.6 Å². The molecule has 24 heavy (non-hydrogen) atoms. The molecule has 4 nitrogen and oxygen atoms in total. The van der Waals surface area contributed by atoms with E-state index in [4.69, 9.17) is 5.11 Å². The lowest BCUT2D eigenvalue weighted by atomic mass is 9.97. The largest absolute Gasteiger partial charge is 0.481 e. The fraction of sp³-hybridized carbons (Fsp3) is 0.412. The second-order valence-corrected chi connectivity index (χ2v) is 5.84. The summed E-state index contributed by atoms with van der Waals surface area (Å²) in [4.78, 5) is 24.7. The highest BCUT2D eigenvalue weighted by Gasteiger charge is 2.30. The molecule has 1 N–H and O–H groups in total. The number of carbonyl (C=O) groups is 2. The second-order valence-electron chi connectivity index (χ2n) is 5.84. The number of alkyl halides is 3. The Morgan fingerprint density at radius 2 is 1.71 bits per heavy atom. The third-order valence-electron chi connectivity index (χ3n) is 4.16. The molecule has 0 bridgehead atoms. The Hall–Kier alpha value is -2.31. The van der Waals surface area contributed by atoms with Crippen molar-refractivity contribution in [1.82, 2.24) is 4.90 Å². The summed E-state index contributed by atoms with van der Waals surface area (Å²) >= 11 is 0. The molecule has 1 heterocycles. The smallest absolute Gasteiger partial charge is 0.416 e. The Morgan fingerprint density at radius 1 is 1.17 bits per heavy atom. The van der Waals surface area contributed by atoms with Gasteiger partial charge in [-0.05, 0) is 43.0 Å². The molecule has 1 aliphatic heterocycles. The first-order valence-electron chi connectivity index (χ1n) is 7.56. The van der Waals surface area contributed by atoms with Gasteiger partial charge in [-0.25, -0.2) is 0 Å². The summed E-state index contributed by atoms with van der Waals surface area (Å²) in [6.07, 6.45) is -2.19. The minimum Gasteiger partial charge on any atom is -0.481 e. The van der Waals surface area contributed by atoms with Crippen LogP contribution in [0.1, 0.15) is 30.9 Å². The van der Waals surface area contributed by atoms with Gasteiger partial charge in [-0.2, -0.15) is 13.2 Å². The van der Waals surface area contributed by atoms with Crippen LogP contribution in [-0.2, 0) is 15.8 Å². The lowest BCUT2D eigenvalue weighted by molar-refractivity contribution is -0.144. The molecule has 1 aromatic carbocycles. The van der Waals surface area contributed by atoms with Crippen LogP contribution in [0.15, 0.2) is 30.3 Å². The van der Waals surface area contributed by atoms with E-state index in [1.165, 1.54) is 18.2 Å². The van der Waals surface area contributed by atoms with Gasteiger partial charge < -0.3 is 10.0 Å². The van der Waals surface area contributed by atoms with Crippen molar-refractivity contribution in [1.29, 1.82) is 0 Å². The summed E-state index contributed by atoms with van der Waals surface area (Å²) in [5.74, 6) is -1.52. The zero-order chi connectivity index (χ0) is 17.9. The third-order valence-corrected chi connectivity index (χ3v) is 4.16. The van der Waals surface area contributed by atoms with Crippen molar-refractivity contribution in [2.24, 2.45) is 5.92 Å². The molecule has 7 heteroatoms. The van der Waals surface area contributed by atoms with E-state index in [0.717, 1.165) is 12.1 Å². The Labute approximate surface area is 137 Å². The van der Waals surface area contributed by atoms with Crippen LogP contribution in [0.5, 0.6) is 0 Å². The molecule has 1 aromatic rings. The minimum atomic E-state index is -4.39. The molecule has 0 spiro atoms. The van der Waals surface area contributed by atoms with Crippen molar-refractivity contribution in [2.45, 2.75) is 25.9 Å². The maximum Gasteiger partial charge on any atom is 0.416 e. The number of carboxylic acids is 1. The Morgan fingerprint density at radius 3 is 2.17 bits per heavy atom. The minimum absolute atomic E-state index is 0.253. The number of halogens is 3. The number of carbonyl (C=O) groups excluding carboxylic acids is 1. The standard InChI is InChI=1S/C17H18F3NO3/c1-11(12-2-4-14(5-3-12)17(18,19)20)10-15(22)21-8-6-13(7-9-21)16(23)24/h2-5,10,13H,6-9H2,1H3,(H,23,24)/b11-10-. The van der Waals surface area contributed by atoms with Crippen LogP contribution < -0.4 is 0 Å². The number of allylic oxidation sites excluding steroid dienone is 1. The molecule has 130 valence electrons. The maximum atomic E-state index is 12.5. The molecule has 2 rings (SSSR count). The first kappa shape index (κ1) is 18.0. The molecule has 1 saturated heterocycles. The number of hydrogen-bond donors (Lipinski definition) is 1. The normalized spacial score (nSPS) is 17.0. The maximum absolute atomic E-state index is 12.5. The monoisotopic (exact) mass is 341 g/mol. The summed E-state index contributed by atoms with van der Waals surface area (Å²) in [5.41, 5.74) is 0.368. The van der Waals surface area contributed by atoms with E-state index in [-0.39, 0.29) is 5.91 Å². The number of amides is 1. The number of nitrogens with zero attached hydrogens (tertiary/aromatic N) is 1. The molecule has 0 aromatic heterocycles. The first-order valence-corrected chi connectivity index (χ1v) is 7.56. The van der Waals surface area contributed by atoms with Gasteiger partial charge in [0.05, 0.1) is 11.5 Å². The molecular formula is C17H18F3NO3. The van der Waals surface area contributed by atoms with E-state index in [1.807, 2.05) is 0 Å². The zero-order valence-electron chi connectivity index (χ0n) is 13.1. The van der Waals surface area contributed by atoms with Crippen LogP contribution >= 0.6 is 0 Å². The van der Waals surface area contributed by atoms with Crippen LogP contribution in [0.2, 0.25) is 0 Å². The second kappa shape index (κ2) is 7.07. The number of rotatable bonds is 3. The van der Waals surface area contributed by atoms with Gasteiger partial charge in [0.2, 0.25) is 5.91 Å². The van der Waals surface area contributed by atoms with Crippen LogP contribution in [0.3, 0.4) is 0 Å². The van der Waals surface area contributed by atoms with E-state index in [2.05, 4.69) is 0 Å². The van der Waals surface area contributed by atoms with Crippen LogP contribution in [0.4, 0.5) is 13.2 Å². The molecule has 0 atom stereocenters. The van der Waals surface area contributed by atoms with Gasteiger partial charge in [0.25, 0.3) is 0 Å². The number of piperidine rings is 1. The predicted octanol–water partition coefficient (Wildman–Crippen LogP) is 3.43. The van der Waals surface area contributed by atoms with Gasteiger partial charge in [0.1, 0.15) is 0 Å². The molecule has 1 fully saturated rings. The fourth-order valence-corrected chi connectivity index (χ4v) is 2.63. The Balaban J connectivity index is 2.02. The highest BCUT2D eigenvalue weighted by molar-refractivity contribution is 5.95. The highest BCUT2D eigenvalue weighted by Crippen LogP contribution is 2.30. The quantitative estimate of drug-likeness (QED) is 0.857. The highest BCUT2D eigenvalue weighted by atomic mass is 19.4. The van der Waals surface area contributed by atoms with E-state index in [1.54, 1.807) is 11.8 Å². The summed E-state index contributed by atoms with van der Waals surface area (Å²) in [5, 5.41) is 8.94. The lowest BCUT2D eigenvalue weighted by Crippen LogP contribution is -2.39. The topological polar surface area (TPSA) is 57.6 Å². The van der Waals surface area contributed by atoms with E-state index >= 15 is 0 Å². The third kappa shape index (κ3) is 4.37. The van der Waals surface area contributed by atoms with E-state index in [0.29, 0.717) is 37.1 Å². The van der Waals surface area contributed by atoms with Crippen molar-refractivity contribution < 1.29 is 27.9 Å². The first-order chi connectivity index (χ1) is 11.2. The van der Waals surface area contributed by atoms with E-state index in [9.17, 15) is 22.8 Å². The van der Waals surface area contributed by atoms with Crippen LogP contribution in [-0.4, -0.2) is 35.0 Å². The molecule has 0 radical (unpaired) electrons. The molecule has 0 unspecified atom stereocenters. The SMILES string of the molecule is C/C(=C/C(=O)N1CCC(C(=O)O)CC1)c1ccc(C(F)(F)F)cc1.